The minimum absolute atomic E-state index is 0.0380. The van der Waals surface area contributed by atoms with E-state index < -0.39 is 40.8 Å². The molecule has 222 valence electrons. The average Bonchev–Trinajstić information content (AvgIpc) is 2.95. The second-order valence-electron chi connectivity index (χ2n) is 8.77. The first-order chi connectivity index (χ1) is 20.3. The summed E-state index contributed by atoms with van der Waals surface area (Å²) in [7, 11) is 1.48. The third-order valence-corrected chi connectivity index (χ3v) is 6.71. The van der Waals surface area contributed by atoms with E-state index in [1.807, 2.05) is 5.32 Å². The minimum atomic E-state index is -5.06. The molecule has 0 unspecified atom stereocenters. The highest BCUT2D eigenvalue weighted by molar-refractivity contribution is 7.98. The topological polar surface area (TPSA) is 100 Å². The zero-order valence-electron chi connectivity index (χ0n) is 21.9. The van der Waals surface area contributed by atoms with Gasteiger partial charge in [0.25, 0.3) is 11.2 Å². The lowest BCUT2D eigenvalue weighted by Gasteiger charge is -2.15. The molecule has 1 heterocycles. The van der Waals surface area contributed by atoms with Gasteiger partial charge in [0, 0.05) is 17.1 Å². The van der Waals surface area contributed by atoms with Gasteiger partial charge in [-0.2, -0.15) is 26.3 Å². The molecule has 2 amide bonds. The Morgan fingerprint density at radius 1 is 0.953 bits per heavy atom. The van der Waals surface area contributed by atoms with E-state index in [4.69, 9.17) is 11.3 Å². The molecule has 1 aromatic heterocycles. The molecule has 3 N–H and O–H groups in total. The molecule has 43 heavy (non-hydrogen) atoms. The fraction of sp³-hybridized carbons (Fsp3) is 0.143. The Balaban J connectivity index is 1.44. The van der Waals surface area contributed by atoms with Crippen molar-refractivity contribution in [1.29, 1.82) is 0 Å². The number of anilines is 2. The number of amides is 2. The second kappa shape index (κ2) is 12.5. The van der Waals surface area contributed by atoms with Crippen molar-refractivity contribution in [1.82, 2.24) is 9.97 Å². The predicted octanol–water partition coefficient (Wildman–Crippen LogP) is 7.97. The molecular weight excluding hydrogens is 600 g/mol. The number of halogens is 6. The number of rotatable bonds is 7. The first-order valence-corrected chi connectivity index (χ1v) is 13.0. The Kier molecular flexibility index (Phi) is 9.00. The molecule has 3 aromatic carbocycles. The number of alkyl halides is 6. The molecule has 0 bridgehead atoms. The Morgan fingerprint density at radius 3 is 2.16 bits per heavy atom. The van der Waals surface area contributed by atoms with Crippen LogP contribution in [0.4, 0.5) is 48.2 Å². The molecule has 0 spiro atoms. The number of thioether (sulfide) groups is 1. The van der Waals surface area contributed by atoms with Crippen LogP contribution in [0, 0.1) is 6.57 Å². The van der Waals surface area contributed by atoms with Crippen LogP contribution in [0.3, 0.4) is 0 Å². The summed E-state index contributed by atoms with van der Waals surface area (Å²) in [5.41, 5.74) is -2.95. The quantitative estimate of drug-likeness (QED) is 0.0844. The van der Waals surface area contributed by atoms with Gasteiger partial charge < -0.3 is 20.4 Å². The van der Waals surface area contributed by atoms with Crippen LogP contribution in [0.25, 0.3) is 16.1 Å². The molecular formula is C28H19F6N5O3S. The highest BCUT2D eigenvalue weighted by Gasteiger charge is 2.37. The molecule has 0 radical (unpaired) electrons. The summed E-state index contributed by atoms with van der Waals surface area (Å²) in [4.78, 5) is 35.2. The molecule has 0 aliphatic heterocycles. The van der Waals surface area contributed by atoms with E-state index in [-0.39, 0.29) is 28.3 Å². The largest absolute Gasteiger partial charge is 0.497 e. The van der Waals surface area contributed by atoms with Crippen molar-refractivity contribution in [2.75, 3.05) is 17.7 Å². The molecule has 4 aromatic rings. The molecule has 0 saturated carbocycles. The lowest BCUT2D eigenvalue weighted by molar-refractivity contribution is -0.143. The van der Waals surface area contributed by atoms with Gasteiger partial charge in [-0.05, 0) is 53.6 Å². The summed E-state index contributed by atoms with van der Waals surface area (Å²) in [6, 6.07) is 12.6. The van der Waals surface area contributed by atoms with E-state index in [2.05, 4.69) is 20.1 Å². The van der Waals surface area contributed by atoms with Crippen molar-refractivity contribution in [3.05, 3.63) is 105 Å². The number of ether oxygens (including phenoxy) is 1. The molecule has 0 saturated heterocycles. The van der Waals surface area contributed by atoms with Gasteiger partial charge in [-0.25, -0.2) is 14.6 Å². The van der Waals surface area contributed by atoms with Crippen molar-refractivity contribution in [3.8, 4) is 17.0 Å². The summed E-state index contributed by atoms with van der Waals surface area (Å²) in [6.45, 7) is 7.38. The summed E-state index contributed by atoms with van der Waals surface area (Å²) in [5, 5.41) is 4.58. The Hall–Kier alpha value is -4.97. The number of hydrogen-bond acceptors (Lipinski definition) is 5. The van der Waals surface area contributed by atoms with Crippen LogP contribution < -0.4 is 20.9 Å². The average molecular weight is 620 g/mol. The Morgan fingerprint density at radius 2 is 1.58 bits per heavy atom. The number of hydrogen-bond donors (Lipinski definition) is 3. The number of aromatic nitrogens is 2. The molecule has 0 aliphatic rings. The van der Waals surface area contributed by atoms with Crippen molar-refractivity contribution in [3.63, 3.8) is 0 Å². The molecule has 0 aliphatic carbocycles. The van der Waals surface area contributed by atoms with Gasteiger partial charge in [-0.3, -0.25) is 4.79 Å². The molecule has 15 heteroatoms. The second-order valence-corrected chi connectivity index (χ2v) is 9.74. The van der Waals surface area contributed by atoms with Crippen LogP contribution in [0.2, 0.25) is 0 Å². The zero-order chi connectivity index (χ0) is 31.4. The van der Waals surface area contributed by atoms with Gasteiger partial charge in [0.15, 0.2) is 5.16 Å². The van der Waals surface area contributed by atoms with E-state index in [0.717, 1.165) is 5.56 Å². The van der Waals surface area contributed by atoms with E-state index in [1.54, 1.807) is 36.4 Å². The summed E-state index contributed by atoms with van der Waals surface area (Å²) in [6.07, 6.45) is -10.1. The first kappa shape index (κ1) is 31.0. The highest BCUT2D eigenvalue weighted by Crippen LogP contribution is 2.37. The smallest absolute Gasteiger partial charge is 0.416 e. The fourth-order valence-electron chi connectivity index (χ4n) is 3.75. The number of H-pyrrole nitrogens is 1. The lowest BCUT2D eigenvalue weighted by Crippen LogP contribution is -2.20. The van der Waals surface area contributed by atoms with Crippen molar-refractivity contribution < 1.29 is 35.9 Å². The summed E-state index contributed by atoms with van der Waals surface area (Å²) in [5.74, 6) is 0.836. The van der Waals surface area contributed by atoms with Crippen LogP contribution >= 0.6 is 11.8 Å². The van der Waals surface area contributed by atoms with Gasteiger partial charge >= 0.3 is 18.4 Å². The number of aromatic amines is 1. The van der Waals surface area contributed by atoms with Crippen molar-refractivity contribution in [2.45, 2.75) is 23.3 Å². The van der Waals surface area contributed by atoms with Crippen LogP contribution in [0.1, 0.15) is 16.7 Å². The summed E-state index contributed by atoms with van der Waals surface area (Å²) < 4.78 is 83.6. The van der Waals surface area contributed by atoms with Gasteiger partial charge in [0.05, 0.1) is 30.5 Å². The Bertz CT molecular complexity index is 1720. The molecule has 8 nitrogen and oxygen atoms in total. The number of urea groups is 1. The number of carbonyl (C=O) groups is 1. The maximum Gasteiger partial charge on any atom is 0.416 e. The normalized spacial score (nSPS) is 11.5. The van der Waals surface area contributed by atoms with Crippen LogP contribution in [-0.4, -0.2) is 23.1 Å². The van der Waals surface area contributed by atoms with Crippen LogP contribution in [0.5, 0.6) is 5.75 Å². The monoisotopic (exact) mass is 619 g/mol. The van der Waals surface area contributed by atoms with Crippen molar-refractivity contribution in [2.24, 2.45) is 0 Å². The third-order valence-electron chi connectivity index (χ3n) is 5.76. The van der Waals surface area contributed by atoms with Crippen molar-refractivity contribution >= 4 is 34.9 Å². The fourth-order valence-corrected chi connectivity index (χ4v) is 4.56. The number of carbonyl (C=O) groups excluding carboxylic acids is 1. The lowest BCUT2D eigenvalue weighted by atomic mass is 10.1. The maximum absolute atomic E-state index is 13.1. The van der Waals surface area contributed by atoms with Crippen LogP contribution in [-0.2, 0) is 18.1 Å². The van der Waals surface area contributed by atoms with Gasteiger partial charge in [-0.15, -0.1) is 0 Å². The van der Waals surface area contributed by atoms with Gasteiger partial charge in [-0.1, -0.05) is 36.0 Å². The first-order valence-electron chi connectivity index (χ1n) is 12.0. The van der Waals surface area contributed by atoms with Gasteiger partial charge in [0.2, 0.25) is 0 Å². The van der Waals surface area contributed by atoms with E-state index in [0.29, 0.717) is 29.2 Å². The van der Waals surface area contributed by atoms with Gasteiger partial charge in [0.1, 0.15) is 5.75 Å². The molecule has 0 atom stereocenters. The standard InChI is InChI=1S/C28H19F6N5O3S/c1-35-23-22(16-4-3-5-21(10-16)42-2)38-26(39-24(23)40)43-14-15-6-8-19(9-7-15)36-25(41)37-20-12-17(27(29,30)31)11-18(13-20)28(32,33)34/h3-13H,14H2,2H3,(H2,36,37,41)(H,38,39,40). The number of nitrogens with one attached hydrogen (secondary N) is 3. The zero-order valence-corrected chi connectivity index (χ0v) is 22.7. The van der Waals surface area contributed by atoms with Crippen LogP contribution in [0.15, 0.2) is 76.7 Å². The molecule has 0 fully saturated rings. The van der Waals surface area contributed by atoms with E-state index in [1.165, 1.54) is 31.0 Å². The molecule has 4 rings (SSSR count). The Labute approximate surface area is 243 Å². The predicted molar refractivity (Wildman–Crippen MR) is 148 cm³/mol. The SMILES string of the molecule is [C-]#[N+]c1c(-c2cccc(OC)c2)nc(SCc2ccc(NC(=O)Nc3cc(C(F)(F)F)cc(C(F)(F)F)c3)cc2)[nH]c1=O. The third kappa shape index (κ3) is 7.86. The number of methoxy groups -OCH3 is 1. The van der Waals surface area contributed by atoms with E-state index in [9.17, 15) is 35.9 Å². The summed E-state index contributed by atoms with van der Waals surface area (Å²) >= 11 is 1.17. The maximum atomic E-state index is 13.1. The van der Waals surface area contributed by atoms with E-state index >= 15 is 0 Å². The minimum Gasteiger partial charge on any atom is -0.497 e. The number of nitrogens with zero attached hydrogens (tertiary/aromatic N) is 2. The number of benzene rings is 3. The highest BCUT2D eigenvalue weighted by atomic mass is 32.2.